The predicted octanol–water partition coefficient (Wildman–Crippen LogP) is 2.80. The van der Waals surface area contributed by atoms with E-state index in [2.05, 4.69) is 10.3 Å². The Kier molecular flexibility index (Phi) is 5.41. The number of nitrogens with one attached hydrogen (secondary N) is 2. The molecule has 0 spiro atoms. The number of esters is 1. The zero-order chi connectivity index (χ0) is 19.6. The molecular formula is C19H21ClN2O5. The molecule has 0 unspecified atom stereocenters. The number of carbonyl (C=O) groups excluding carboxylic acids is 2. The molecule has 8 heteroatoms. The molecular weight excluding hydrogens is 372 g/mol. The zero-order valence-electron chi connectivity index (χ0n) is 15.2. The number of amides is 1. The number of halogens is 1. The van der Waals surface area contributed by atoms with Crippen molar-refractivity contribution < 1.29 is 19.1 Å². The largest absolute Gasteiger partial charge is 0.495 e. The molecule has 0 bridgehead atoms. The lowest BCUT2D eigenvalue weighted by Gasteiger charge is -2.35. The first-order valence-corrected chi connectivity index (χ1v) is 9.10. The number of fused-ring (bicyclic) bond motifs is 1. The van der Waals surface area contributed by atoms with E-state index in [-0.39, 0.29) is 10.6 Å². The van der Waals surface area contributed by atoms with Crippen LogP contribution >= 0.6 is 11.6 Å². The summed E-state index contributed by atoms with van der Waals surface area (Å²) in [6, 6.07) is 4.81. The summed E-state index contributed by atoms with van der Waals surface area (Å²) >= 11 is 6.23. The van der Waals surface area contributed by atoms with Crippen LogP contribution in [0.25, 0.3) is 10.9 Å². The lowest BCUT2D eigenvalue weighted by atomic mass is 9.81. The van der Waals surface area contributed by atoms with E-state index >= 15 is 0 Å². The quantitative estimate of drug-likeness (QED) is 0.780. The van der Waals surface area contributed by atoms with Gasteiger partial charge in [0.2, 0.25) is 0 Å². The second-order valence-corrected chi connectivity index (χ2v) is 7.02. The highest BCUT2D eigenvalue weighted by Crippen LogP contribution is 2.32. The average molecular weight is 393 g/mol. The number of hydrogen-bond donors (Lipinski definition) is 2. The Labute approximate surface area is 161 Å². The Hall–Kier alpha value is -2.54. The summed E-state index contributed by atoms with van der Waals surface area (Å²) in [5.41, 5.74) is -1.38. The summed E-state index contributed by atoms with van der Waals surface area (Å²) in [4.78, 5) is 40.2. The summed E-state index contributed by atoms with van der Waals surface area (Å²) in [5.74, 6) is -0.679. The molecule has 27 heavy (non-hydrogen) atoms. The van der Waals surface area contributed by atoms with Gasteiger partial charge in [-0.05, 0) is 31.0 Å². The highest BCUT2D eigenvalue weighted by atomic mass is 35.5. The fraction of sp³-hybridized carbons (Fsp3) is 0.421. The summed E-state index contributed by atoms with van der Waals surface area (Å²) in [7, 11) is 2.77. The van der Waals surface area contributed by atoms with Crippen LogP contribution in [0.3, 0.4) is 0 Å². The van der Waals surface area contributed by atoms with Crippen LogP contribution in [0.4, 0.5) is 0 Å². The minimum atomic E-state index is -1.09. The lowest BCUT2D eigenvalue weighted by molar-refractivity contribution is -0.149. The van der Waals surface area contributed by atoms with Crippen molar-refractivity contribution in [1.82, 2.24) is 10.3 Å². The maximum absolute atomic E-state index is 12.8. The van der Waals surface area contributed by atoms with E-state index in [4.69, 9.17) is 21.1 Å². The van der Waals surface area contributed by atoms with Gasteiger partial charge < -0.3 is 19.8 Å². The number of ether oxygens (including phenoxy) is 2. The number of H-pyrrole nitrogens is 1. The highest BCUT2D eigenvalue weighted by molar-refractivity contribution is 6.36. The molecule has 1 saturated carbocycles. The molecule has 1 aliphatic carbocycles. The van der Waals surface area contributed by atoms with Gasteiger partial charge in [-0.1, -0.05) is 30.9 Å². The molecule has 1 fully saturated rings. The smallest absolute Gasteiger partial charge is 0.331 e. The standard InChI is InChI=1S/C19H21ClN2O5/c1-26-13-7-6-11-10-12(16(23)21-15(11)14(13)20)17(24)22-19(18(25)27-2)8-4-3-5-9-19/h6-7,10H,3-5,8-9H2,1-2H3,(H,21,23)(H,22,24). The molecule has 2 aromatic rings. The number of benzene rings is 1. The molecule has 144 valence electrons. The monoisotopic (exact) mass is 392 g/mol. The van der Waals surface area contributed by atoms with E-state index in [1.54, 1.807) is 12.1 Å². The Morgan fingerprint density at radius 2 is 1.89 bits per heavy atom. The van der Waals surface area contributed by atoms with Gasteiger partial charge in [0.05, 0.1) is 19.7 Å². The summed E-state index contributed by atoms with van der Waals surface area (Å²) in [6.07, 6.45) is 3.57. The Balaban J connectivity index is 1.99. The van der Waals surface area contributed by atoms with E-state index in [1.165, 1.54) is 20.3 Å². The third kappa shape index (κ3) is 3.51. The maximum atomic E-state index is 12.8. The molecule has 0 aliphatic heterocycles. The molecule has 7 nitrogen and oxygen atoms in total. The third-order valence-corrected chi connectivity index (χ3v) is 5.40. The van der Waals surface area contributed by atoms with Crippen molar-refractivity contribution in [2.75, 3.05) is 14.2 Å². The lowest BCUT2D eigenvalue weighted by Crippen LogP contribution is -2.56. The van der Waals surface area contributed by atoms with Gasteiger partial charge in [-0.3, -0.25) is 9.59 Å². The van der Waals surface area contributed by atoms with E-state index < -0.39 is 23.0 Å². The first-order chi connectivity index (χ1) is 12.9. The van der Waals surface area contributed by atoms with Crippen LogP contribution < -0.4 is 15.6 Å². The van der Waals surface area contributed by atoms with Crippen molar-refractivity contribution in [3.8, 4) is 5.75 Å². The molecule has 1 aromatic carbocycles. The molecule has 3 rings (SSSR count). The van der Waals surface area contributed by atoms with Gasteiger partial charge in [0.1, 0.15) is 21.9 Å². The second-order valence-electron chi connectivity index (χ2n) is 6.65. The van der Waals surface area contributed by atoms with Crippen molar-refractivity contribution in [2.24, 2.45) is 0 Å². The van der Waals surface area contributed by atoms with Crippen LogP contribution in [0, 0.1) is 0 Å². The molecule has 0 atom stereocenters. The fourth-order valence-corrected chi connectivity index (χ4v) is 3.86. The summed E-state index contributed by atoms with van der Waals surface area (Å²) < 4.78 is 10.0. The Morgan fingerprint density at radius 3 is 2.52 bits per heavy atom. The van der Waals surface area contributed by atoms with Crippen molar-refractivity contribution in [3.05, 3.63) is 39.1 Å². The molecule has 1 aromatic heterocycles. The number of rotatable bonds is 4. The first-order valence-electron chi connectivity index (χ1n) is 8.72. The van der Waals surface area contributed by atoms with Crippen molar-refractivity contribution >= 4 is 34.4 Å². The van der Waals surface area contributed by atoms with E-state index in [1.807, 2.05) is 0 Å². The van der Waals surface area contributed by atoms with Crippen LogP contribution in [-0.2, 0) is 9.53 Å². The van der Waals surface area contributed by atoms with Crippen LogP contribution in [0.2, 0.25) is 5.02 Å². The number of carbonyl (C=O) groups is 2. The normalized spacial score (nSPS) is 16.0. The molecule has 0 radical (unpaired) electrons. The van der Waals surface area contributed by atoms with Gasteiger partial charge in [0.15, 0.2) is 0 Å². The average Bonchev–Trinajstić information content (AvgIpc) is 2.68. The highest BCUT2D eigenvalue weighted by Gasteiger charge is 2.42. The minimum Gasteiger partial charge on any atom is -0.495 e. The minimum absolute atomic E-state index is 0.0856. The number of aromatic nitrogens is 1. The zero-order valence-corrected chi connectivity index (χ0v) is 15.9. The van der Waals surface area contributed by atoms with E-state index in [0.29, 0.717) is 29.5 Å². The number of pyridine rings is 1. The molecule has 1 heterocycles. The summed E-state index contributed by atoms with van der Waals surface area (Å²) in [5, 5.41) is 3.60. The van der Waals surface area contributed by atoms with Crippen LogP contribution in [-0.4, -0.2) is 36.6 Å². The fourth-order valence-electron chi connectivity index (χ4n) is 3.56. The van der Waals surface area contributed by atoms with Crippen LogP contribution in [0.15, 0.2) is 23.0 Å². The Morgan fingerprint density at radius 1 is 1.19 bits per heavy atom. The number of methoxy groups -OCH3 is 2. The number of aromatic amines is 1. The van der Waals surface area contributed by atoms with Gasteiger partial charge in [-0.2, -0.15) is 0 Å². The van der Waals surface area contributed by atoms with Crippen molar-refractivity contribution in [1.29, 1.82) is 0 Å². The van der Waals surface area contributed by atoms with Gasteiger partial charge in [-0.15, -0.1) is 0 Å². The topological polar surface area (TPSA) is 97.5 Å². The van der Waals surface area contributed by atoms with Crippen LogP contribution in [0.5, 0.6) is 5.75 Å². The van der Waals surface area contributed by atoms with Crippen molar-refractivity contribution in [3.63, 3.8) is 0 Å². The SMILES string of the molecule is COC(=O)C1(NC(=O)c2cc3ccc(OC)c(Cl)c3[nH]c2=O)CCCCC1. The van der Waals surface area contributed by atoms with Crippen LogP contribution in [0.1, 0.15) is 42.5 Å². The van der Waals surface area contributed by atoms with Gasteiger partial charge in [0, 0.05) is 5.39 Å². The van der Waals surface area contributed by atoms with Gasteiger partial charge in [0.25, 0.3) is 11.5 Å². The van der Waals surface area contributed by atoms with E-state index in [9.17, 15) is 14.4 Å². The number of hydrogen-bond acceptors (Lipinski definition) is 5. The first kappa shape index (κ1) is 19.2. The second kappa shape index (κ2) is 7.60. The van der Waals surface area contributed by atoms with Crippen molar-refractivity contribution in [2.45, 2.75) is 37.6 Å². The van der Waals surface area contributed by atoms with Gasteiger partial charge >= 0.3 is 5.97 Å². The Bertz CT molecular complexity index is 947. The predicted molar refractivity (Wildman–Crippen MR) is 101 cm³/mol. The molecule has 1 amide bonds. The maximum Gasteiger partial charge on any atom is 0.331 e. The third-order valence-electron chi connectivity index (χ3n) is 5.02. The van der Waals surface area contributed by atoms with Gasteiger partial charge in [-0.25, -0.2) is 4.79 Å². The molecule has 2 N–H and O–H groups in total. The summed E-state index contributed by atoms with van der Waals surface area (Å²) in [6.45, 7) is 0. The molecule has 0 saturated heterocycles. The molecule has 1 aliphatic rings. The van der Waals surface area contributed by atoms with E-state index in [0.717, 1.165) is 19.3 Å².